The number of aromatic nitrogens is 1. The number of carbonyl (C=O) groups is 1. The summed E-state index contributed by atoms with van der Waals surface area (Å²) in [6.45, 7) is 3.78. The number of rotatable bonds is 4. The zero-order chi connectivity index (χ0) is 11.3. The third-order valence-electron chi connectivity index (χ3n) is 2.43. The molecule has 0 aliphatic rings. The molecular weight excluding hydrogens is 210 g/mol. The highest BCUT2D eigenvalue weighted by molar-refractivity contribution is 7.11. The minimum absolute atomic E-state index is 0.220. The molecule has 80 valence electrons. The Balaban J connectivity index is 2.77. The van der Waals surface area contributed by atoms with Crippen LogP contribution in [0, 0.1) is 11.3 Å². The molecule has 0 unspecified atom stereocenters. The molecule has 0 fully saturated rings. The van der Waals surface area contributed by atoms with Crippen LogP contribution in [0.4, 0.5) is 0 Å². The monoisotopic (exact) mass is 223 g/mol. The summed E-state index contributed by atoms with van der Waals surface area (Å²) in [6, 6.07) is 2.16. The van der Waals surface area contributed by atoms with Crippen molar-refractivity contribution in [2.75, 3.05) is 0 Å². The lowest BCUT2D eigenvalue weighted by Gasteiger charge is -2.24. The summed E-state index contributed by atoms with van der Waals surface area (Å²) in [5.41, 5.74) is 0.849. The van der Waals surface area contributed by atoms with Gasteiger partial charge in [-0.3, -0.25) is 9.78 Å². The summed E-state index contributed by atoms with van der Waals surface area (Å²) in [6.07, 6.45) is 2.71. The van der Waals surface area contributed by atoms with Gasteiger partial charge >= 0.3 is 0 Å². The van der Waals surface area contributed by atoms with Crippen LogP contribution in [0.15, 0.2) is 11.7 Å². The molecule has 15 heavy (non-hydrogen) atoms. The smallest absolute Gasteiger partial charge is 0.264 e. The van der Waals surface area contributed by atoms with E-state index in [9.17, 15) is 4.79 Å². The predicted molar refractivity (Wildman–Crippen MR) is 58.5 cm³/mol. The highest BCUT2D eigenvalue weighted by Crippen LogP contribution is 2.15. The van der Waals surface area contributed by atoms with Crippen LogP contribution in [0.1, 0.15) is 36.4 Å². The van der Waals surface area contributed by atoms with Crippen LogP contribution in [0.3, 0.4) is 0 Å². The molecular formula is C10H13N3OS. The Hall–Kier alpha value is -1.41. The molecule has 0 aliphatic heterocycles. The van der Waals surface area contributed by atoms with E-state index >= 15 is 0 Å². The first kappa shape index (κ1) is 11.7. The largest absolute Gasteiger partial charge is 0.333 e. The van der Waals surface area contributed by atoms with Gasteiger partial charge in [0.1, 0.15) is 10.4 Å². The zero-order valence-corrected chi connectivity index (χ0v) is 9.60. The van der Waals surface area contributed by atoms with Gasteiger partial charge in [-0.25, -0.2) is 0 Å². The number of carbonyl (C=O) groups excluding carboxylic acids is 1. The number of amides is 1. The molecule has 1 amide bonds. The fraction of sp³-hybridized carbons (Fsp3) is 0.500. The van der Waals surface area contributed by atoms with E-state index in [2.05, 4.69) is 16.4 Å². The van der Waals surface area contributed by atoms with E-state index < -0.39 is 5.54 Å². The van der Waals surface area contributed by atoms with Gasteiger partial charge < -0.3 is 5.32 Å². The SMILES string of the molecule is CCC(C#N)(CC)NC(=O)c1cncs1. The molecule has 1 aromatic heterocycles. The van der Waals surface area contributed by atoms with Crippen LogP contribution in [-0.2, 0) is 0 Å². The van der Waals surface area contributed by atoms with E-state index in [0.29, 0.717) is 17.7 Å². The van der Waals surface area contributed by atoms with Gasteiger partial charge in [0, 0.05) is 0 Å². The Morgan fingerprint density at radius 2 is 2.33 bits per heavy atom. The molecule has 0 atom stereocenters. The topological polar surface area (TPSA) is 65.8 Å². The number of nitrogens with one attached hydrogen (secondary N) is 1. The van der Waals surface area contributed by atoms with Gasteiger partial charge in [0.2, 0.25) is 0 Å². The van der Waals surface area contributed by atoms with Crippen molar-refractivity contribution in [3.8, 4) is 6.07 Å². The lowest BCUT2D eigenvalue weighted by Crippen LogP contribution is -2.46. The lowest BCUT2D eigenvalue weighted by atomic mass is 9.95. The van der Waals surface area contributed by atoms with Gasteiger partial charge in [-0.2, -0.15) is 5.26 Å². The summed E-state index contributed by atoms with van der Waals surface area (Å²) in [7, 11) is 0. The first-order valence-corrected chi connectivity index (χ1v) is 5.67. The van der Waals surface area contributed by atoms with Crippen molar-refractivity contribution in [1.29, 1.82) is 5.26 Å². The molecule has 1 heterocycles. The Labute approximate surface area is 92.9 Å². The molecule has 5 heteroatoms. The molecule has 1 N–H and O–H groups in total. The highest BCUT2D eigenvalue weighted by Gasteiger charge is 2.28. The van der Waals surface area contributed by atoms with Crippen molar-refractivity contribution < 1.29 is 4.79 Å². The van der Waals surface area contributed by atoms with E-state index in [1.807, 2.05) is 13.8 Å². The van der Waals surface area contributed by atoms with Crippen molar-refractivity contribution in [2.45, 2.75) is 32.2 Å². The standard InChI is InChI=1S/C10H13N3OS/c1-3-10(4-2,6-11)13-9(14)8-5-12-7-15-8/h5,7H,3-4H2,1-2H3,(H,13,14). The first-order valence-electron chi connectivity index (χ1n) is 4.79. The summed E-state index contributed by atoms with van der Waals surface area (Å²) in [5, 5.41) is 11.8. The quantitative estimate of drug-likeness (QED) is 0.848. The van der Waals surface area contributed by atoms with Crippen LogP contribution in [0.25, 0.3) is 0 Å². The van der Waals surface area contributed by atoms with Crippen molar-refractivity contribution >= 4 is 17.2 Å². The maximum absolute atomic E-state index is 11.7. The van der Waals surface area contributed by atoms with Crippen molar-refractivity contribution in [2.24, 2.45) is 0 Å². The molecule has 1 aromatic rings. The Bertz CT molecular complexity index is 363. The van der Waals surface area contributed by atoms with Gasteiger partial charge in [-0.15, -0.1) is 11.3 Å². The number of hydrogen-bond acceptors (Lipinski definition) is 4. The van der Waals surface area contributed by atoms with Crippen molar-refractivity contribution in [3.63, 3.8) is 0 Å². The van der Waals surface area contributed by atoms with Crippen LogP contribution < -0.4 is 5.32 Å². The van der Waals surface area contributed by atoms with E-state index in [0.717, 1.165) is 0 Å². The van der Waals surface area contributed by atoms with Crippen LogP contribution in [0.2, 0.25) is 0 Å². The predicted octanol–water partition coefficient (Wildman–Crippen LogP) is 1.96. The van der Waals surface area contributed by atoms with E-state index in [4.69, 9.17) is 5.26 Å². The highest BCUT2D eigenvalue weighted by atomic mass is 32.1. The molecule has 1 rings (SSSR count). The molecule has 0 bridgehead atoms. The van der Waals surface area contributed by atoms with Crippen molar-refractivity contribution in [1.82, 2.24) is 10.3 Å². The molecule has 0 radical (unpaired) electrons. The molecule has 4 nitrogen and oxygen atoms in total. The third kappa shape index (κ3) is 2.54. The van der Waals surface area contributed by atoms with E-state index in [1.165, 1.54) is 17.5 Å². The summed E-state index contributed by atoms with van der Waals surface area (Å²) < 4.78 is 0. The van der Waals surface area contributed by atoms with Crippen molar-refractivity contribution in [3.05, 3.63) is 16.6 Å². The number of hydrogen-bond donors (Lipinski definition) is 1. The van der Waals surface area contributed by atoms with Gasteiger partial charge in [0.25, 0.3) is 5.91 Å². The fourth-order valence-electron chi connectivity index (χ4n) is 1.22. The van der Waals surface area contributed by atoms with Crippen LogP contribution >= 0.6 is 11.3 Å². The minimum atomic E-state index is -0.749. The maximum Gasteiger partial charge on any atom is 0.264 e. The molecule has 0 aromatic carbocycles. The molecule has 0 saturated heterocycles. The lowest BCUT2D eigenvalue weighted by molar-refractivity contribution is 0.0919. The van der Waals surface area contributed by atoms with Gasteiger partial charge in [-0.1, -0.05) is 13.8 Å². The van der Waals surface area contributed by atoms with Gasteiger partial charge in [0.05, 0.1) is 17.8 Å². The zero-order valence-electron chi connectivity index (χ0n) is 8.78. The summed E-state index contributed by atoms with van der Waals surface area (Å²) in [5.74, 6) is -0.220. The van der Waals surface area contributed by atoms with Gasteiger partial charge in [0.15, 0.2) is 0 Å². The summed E-state index contributed by atoms with van der Waals surface area (Å²) >= 11 is 1.27. The minimum Gasteiger partial charge on any atom is -0.333 e. The third-order valence-corrected chi connectivity index (χ3v) is 3.20. The second-order valence-electron chi connectivity index (χ2n) is 3.22. The maximum atomic E-state index is 11.7. The second kappa shape index (κ2) is 4.89. The summed E-state index contributed by atoms with van der Waals surface area (Å²) in [4.78, 5) is 16.1. The number of thiazole rings is 1. The Morgan fingerprint density at radius 1 is 1.67 bits per heavy atom. The Kier molecular flexibility index (Phi) is 3.81. The average molecular weight is 223 g/mol. The second-order valence-corrected chi connectivity index (χ2v) is 4.11. The van der Waals surface area contributed by atoms with E-state index in [1.54, 1.807) is 5.51 Å². The first-order chi connectivity index (χ1) is 7.17. The molecule has 0 spiro atoms. The molecule has 0 saturated carbocycles. The normalized spacial score (nSPS) is 10.7. The Morgan fingerprint density at radius 3 is 2.73 bits per heavy atom. The van der Waals surface area contributed by atoms with Crippen LogP contribution in [0.5, 0.6) is 0 Å². The van der Waals surface area contributed by atoms with Gasteiger partial charge in [-0.05, 0) is 12.8 Å². The molecule has 0 aliphatic carbocycles. The number of nitriles is 1. The fourth-order valence-corrected chi connectivity index (χ4v) is 1.73. The number of nitrogens with zero attached hydrogens (tertiary/aromatic N) is 2. The van der Waals surface area contributed by atoms with Crippen LogP contribution in [-0.4, -0.2) is 16.4 Å². The van der Waals surface area contributed by atoms with E-state index in [-0.39, 0.29) is 5.91 Å². The average Bonchev–Trinajstić information content (AvgIpc) is 2.79.